The molecule has 2 aromatic heterocycles. The Morgan fingerprint density at radius 1 is 1.17 bits per heavy atom. The number of fused-ring (bicyclic) bond motifs is 3. The fourth-order valence-electron chi connectivity index (χ4n) is 3.99. The lowest BCUT2D eigenvalue weighted by atomic mass is 9.97. The summed E-state index contributed by atoms with van der Waals surface area (Å²) in [6, 6.07) is 14.7. The van der Waals surface area contributed by atoms with Gasteiger partial charge in [0.2, 0.25) is 0 Å². The number of hydrogen-bond acceptors (Lipinski definition) is 6. The van der Waals surface area contributed by atoms with Crippen molar-refractivity contribution in [2.24, 2.45) is 5.10 Å². The Labute approximate surface area is 223 Å². The normalized spacial score (nSPS) is 13.3. The predicted octanol–water partition coefficient (Wildman–Crippen LogP) is 5.98. The highest BCUT2D eigenvalue weighted by atomic mass is 79.9. The van der Waals surface area contributed by atoms with Crippen molar-refractivity contribution < 1.29 is 4.79 Å². The number of thioether (sulfide) groups is 1. The number of rotatable bonds is 6. The molecule has 0 aliphatic heterocycles. The second-order valence-corrected chi connectivity index (χ2v) is 11.4. The van der Waals surface area contributed by atoms with E-state index < -0.39 is 0 Å². The number of aryl methyl sites for hydroxylation is 2. The molecule has 1 N–H and O–H groups in total. The highest BCUT2D eigenvalue weighted by Gasteiger charge is 2.23. The van der Waals surface area contributed by atoms with E-state index in [9.17, 15) is 9.59 Å². The molecule has 10 heteroatoms. The molecule has 1 aliphatic carbocycles. The van der Waals surface area contributed by atoms with E-state index in [0.29, 0.717) is 21.3 Å². The molecule has 4 aromatic rings. The van der Waals surface area contributed by atoms with Gasteiger partial charge in [0, 0.05) is 14.4 Å². The summed E-state index contributed by atoms with van der Waals surface area (Å²) in [5.41, 5.74) is 5.13. The third-order valence-electron chi connectivity index (χ3n) is 5.65. The molecule has 0 radical (unpaired) electrons. The van der Waals surface area contributed by atoms with Crippen molar-refractivity contribution in [1.29, 1.82) is 0 Å². The Kier molecular flexibility index (Phi) is 7.38. The molecule has 0 saturated carbocycles. The van der Waals surface area contributed by atoms with Gasteiger partial charge >= 0.3 is 0 Å². The number of aromatic nitrogens is 2. The minimum Gasteiger partial charge on any atom is -0.272 e. The molecule has 0 bridgehead atoms. The van der Waals surface area contributed by atoms with E-state index in [4.69, 9.17) is 16.6 Å². The molecule has 6 nitrogen and oxygen atoms in total. The third kappa shape index (κ3) is 5.38. The number of halogens is 2. The van der Waals surface area contributed by atoms with Crippen molar-refractivity contribution in [2.45, 2.75) is 30.8 Å². The summed E-state index contributed by atoms with van der Waals surface area (Å²) < 4.78 is 2.54. The zero-order chi connectivity index (χ0) is 24.4. The Balaban J connectivity index is 1.42. The van der Waals surface area contributed by atoms with Crippen LogP contribution in [-0.4, -0.2) is 27.4 Å². The van der Waals surface area contributed by atoms with Crippen LogP contribution >= 0.6 is 50.6 Å². The highest BCUT2D eigenvalue weighted by Crippen LogP contribution is 2.35. The van der Waals surface area contributed by atoms with Gasteiger partial charge in [0.05, 0.1) is 23.0 Å². The number of amides is 1. The molecule has 0 fully saturated rings. The maximum Gasteiger partial charge on any atom is 0.267 e. The Morgan fingerprint density at radius 3 is 2.69 bits per heavy atom. The van der Waals surface area contributed by atoms with Crippen LogP contribution in [0, 0.1) is 0 Å². The topological polar surface area (TPSA) is 76.3 Å². The van der Waals surface area contributed by atoms with Crippen molar-refractivity contribution in [3.05, 3.63) is 84.4 Å². The van der Waals surface area contributed by atoms with Gasteiger partial charge in [0.1, 0.15) is 4.83 Å². The second-order valence-electron chi connectivity index (χ2n) is 8.04. The number of nitrogens with one attached hydrogen (secondary N) is 1. The minimum absolute atomic E-state index is 0.0670. The molecule has 2 heterocycles. The van der Waals surface area contributed by atoms with E-state index in [2.05, 4.69) is 26.5 Å². The molecule has 178 valence electrons. The molecule has 0 atom stereocenters. The van der Waals surface area contributed by atoms with Crippen molar-refractivity contribution in [2.75, 3.05) is 5.75 Å². The largest absolute Gasteiger partial charge is 0.272 e. The van der Waals surface area contributed by atoms with Crippen molar-refractivity contribution in [1.82, 2.24) is 15.0 Å². The lowest BCUT2D eigenvalue weighted by Gasteiger charge is -2.13. The first-order valence-corrected chi connectivity index (χ1v) is 14.0. The molecule has 35 heavy (non-hydrogen) atoms. The smallest absolute Gasteiger partial charge is 0.267 e. The molecule has 0 saturated heterocycles. The summed E-state index contributed by atoms with van der Waals surface area (Å²) in [6.45, 7) is 0. The summed E-state index contributed by atoms with van der Waals surface area (Å²) in [7, 11) is 0. The van der Waals surface area contributed by atoms with Crippen LogP contribution < -0.4 is 11.0 Å². The van der Waals surface area contributed by atoms with Gasteiger partial charge in [0.25, 0.3) is 11.5 Å². The number of hydrogen-bond donors (Lipinski definition) is 1. The summed E-state index contributed by atoms with van der Waals surface area (Å²) in [4.78, 5) is 33.1. The average Bonchev–Trinajstić information content (AvgIpc) is 3.23. The maximum absolute atomic E-state index is 13.7. The molecule has 2 aromatic carbocycles. The van der Waals surface area contributed by atoms with Crippen molar-refractivity contribution in [3.63, 3.8) is 0 Å². The number of nitrogens with zero attached hydrogens (tertiary/aromatic N) is 3. The van der Waals surface area contributed by atoms with Crippen LogP contribution in [0.5, 0.6) is 0 Å². The Bertz CT molecular complexity index is 1480. The fourth-order valence-corrected chi connectivity index (χ4v) is 6.49. The van der Waals surface area contributed by atoms with Gasteiger partial charge in [-0.05, 0) is 73.2 Å². The monoisotopic (exact) mass is 586 g/mol. The number of thiophene rings is 1. The standard InChI is InChI=1S/C25H20BrClN4O2S2/c26-16-7-11-18(12-8-16)31-24(33)22-19-3-1-2-4-20(19)35-23(22)29-25(31)34-14-21(32)30-28-13-15-5-9-17(27)10-6-15/h5-13H,1-4,14H2,(H,30,32). The van der Waals surface area contributed by atoms with Crippen molar-refractivity contribution in [3.8, 4) is 5.69 Å². The van der Waals surface area contributed by atoms with Crippen LogP contribution in [0.1, 0.15) is 28.8 Å². The molecular weight excluding hydrogens is 568 g/mol. The third-order valence-corrected chi connectivity index (χ3v) is 8.55. The summed E-state index contributed by atoms with van der Waals surface area (Å²) in [6.07, 6.45) is 5.68. The molecule has 0 spiro atoms. The van der Waals surface area contributed by atoms with Gasteiger partial charge in [0.15, 0.2) is 5.16 Å². The van der Waals surface area contributed by atoms with Crippen LogP contribution in [0.2, 0.25) is 5.02 Å². The Morgan fingerprint density at radius 2 is 1.91 bits per heavy atom. The van der Waals surface area contributed by atoms with Crippen molar-refractivity contribution >= 4 is 73.0 Å². The maximum atomic E-state index is 13.7. The van der Waals surface area contributed by atoms with E-state index in [-0.39, 0.29) is 17.2 Å². The van der Waals surface area contributed by atoms with E-state index in [1.165, 1.54) is 16.6 Å². The summed E-state index contributed by atoms with van der Waals surface area (Å²) in [5, 5.41) is 5.85. The van der Waals surface area contributed by atoms with Crippen LogP contribution in [0.25, 0.3) is 15.9 Å². The first-order valence-electron chi connectivity index (χ1n) is 11.0. The number of carbonyl (C=O) groups excluding carboxylic acids is 1. The first kappa shape index (κ1) is 24.2. The zero-order valence-corrected chi connectivity index (χ0v) is 22.4. The van der Waals surface area contributed by atoms with Crippen LogP contribution in [0.3, 0.4) is 0 Å². The molecule has 0 unspecified atom stereocenters. The molecular formula is C25H20BrClN4O2S2. The average molecular weight is 588 g/mol. The lowest BCUT2D eigenvalue weighted by Crippen LogP contribution is -2.24. The van der Waals surface area contributed by atoms with Gasteiger partial charge < -0.3 is 0 Å². The van der Waals surface area contributed by atoms with E-state index in [0.717, 1.165) is 46.1 Å². The van der Waals surface area contributed by atoms with Gasteiger partial charge in [-0.2, -0.15) is 5.10 Å². The van der Waals surface area contributed by atoms with E-state index in [1.807, 2.05) is 36.4 Å². The molecule has 5 rings (SSSR count). The van der Waals surface area contributed by atoms with Gasteiger partial charge in [-0.3, -0.25) is 14.2 Å². The summed E-state index contributed by atoms with van der Waals surface area (Å²) >= 11 is 12.2. The quantitative estimate of drug-likeness (QED) is 0.130. The van der Waals surface area contributed by atoms with Gasteiger partial charge in [-0.25, -0.2) is 10.4 Å². The van der Waals surface area contributed by atoms with Gasteiger partial charge in [-0.1, -0.05) is 51.4 Å². The molecule has 1 aliphatic rings. The molecule has 1 amide bonds. The fraction of sp³-hybridized carbons (Fsp3) is 0.200. The van der Waals surface area contributed by atoms with Crippen LogP contribution in [-0.2, 0) is 17.6 Å². The predicted molar refractivity (Wildman–Crippen MR) is 147 cm³/mol. The Hall–Kier alpha value is -2.46. The second kappa shape index (κ2) is 10.7. The van der Waals surface area contributed by atoms with E-state index in [1.54, 1.807) is 34.3 Å². The number of benzene rings is 2. The summed E-state index contributed by atoms with van der Waals surface area (Å²) in [5.74, 6) is -0.222. The SMILES string of the molecule is O=C(CSc1nc2sc3c(c2c(=O)n1-c1ccc(Br)cc1)CCCC3)NN=Cc1ccc(Cl)cc1. The first-order chi connectivity index (χ1) is 17.0. The minimum atomic E-state index is -0.289. The zero-order valence-electron chi connectivity index (χ0n) is 18.5. The van der Waals surface area contributed by atoms with Crippen LogP contribution in [0.4, 0.5) is 0 Å². The number of hydrazone groups is 1. The number of carbonyl (C=O) groups is 1. The highest BCUT2D eigenvalue weighted by molar-refractivity contribution is 9.10. The van der Waals surface area contributed by atoms with Crippen LogP contribution in [0.15, 0.2) is 68.1 Å². The lowest BCUT2D eigenvalue weighted by molar-refractivity contribution is -0.118. The van der Waals surface area contributed by atoms with E-state index >= 15 is 0 Å². The van der Waals surface area contributed by atoms with Gasteiger partial charge in [-0.15, -0.1) is 11.3 Å².